The summed E-state index contributed by atoms with van der Waals surface area (Å²) in [6, 6.07) is 9.29. The monoisotopic (exact) mass is 436 g/mol. The van der Waals surface area contributed by atoms with Gasteiger partial charge in [0.05, 0.1) is 24.3 Å². The van der Waals surface area contributed by atoms with Crippen molar-refractivity contribution in [1.82, 2.24) is 4.90 Å². The number of amides is 2. The third kappa shape index (κ3) is 4.95. The Balaban J connectivity index is 1.82. The van der Waals surface area contributed by atoms with Gasteiger partial charge in [-0.25, -0.2) is 0 Å². The average molecular weight is 437 g/mol. The van der Waals surface area contributed by atoms with Crippen LogP contribution in [-0.4, -0.2) is 43.5 Å². The molecule has 0 aromatic heterocycles. The molecule has 8 heteroatoms. The van der Waals surface area contributed by atoms with Crippen LogP contribution in [0.2, 0.25) is 10.0 Å². The lowest BCUT2D eigenvalue weighted by atomic mass is 9.99. The van der Waals surface area contributed by atoms with E-state index in [1.165, 1.54) is 14.2 Å². The largest absolute Gasteiger partial charge is 0.497 e. The van der Waals surface area contributed by atoms with Gasteiger partial charge < -0.3 is 19.7 Å². The van der Waals surface area contributed by atoms with Crippen molar-refractivity contribution in [1.29, 1.82) is 0 Å². The molecular formula is C21H22Cl2N2O4. The molecule has 1 aliphatic rings. The molecule has 1 saturated heterocycles. The summed E-state index contributed by atoms with van der Waals surface area (Å²) >= 11 is 12.0. The zero-order valence-corrected chi connectivity index (χ0v) is 17.7. The normalized spacial score (nSPS) is 16.3. The van der Waals surface area contributed by atoms with Crippen molar-refractivity contribution < 1.29 is 19.1 Å². The lowest BCUT2D eigenvalue weighted by molar-refractivity contribution is -0.121. The standard InChI is InChI=1S/C21H22Cl2N2O4/c1-28-15-9-13(10-16(12-15)29-2)21(27)25-8-4-3-5-19(25)20(26)24-14-6-7-17(22)18(23)11-14/h6-7,9-12,19H,3-5,8H2,1-2H3,(H,24,26). The summed E-state index contributed by atoms with van der Waals surface area (Å²) in [4.78, 5) is 27.7. The van der Waals surface area contributed by atoms with Gasteiger partial charge in [-0.05, 0) is 49.6 Å². The number of carbonyl (C=O) groups is 2. The van der Waals surface area contributed by atoms with E-state index in [-0.39, 0.29) is 11.8 Å². The van der Waals surface area contributed by atoms with Crippen molar-refractivity contribution in [3.8, 4) is 11.5 Å². The molecule has 6 nitrogen and oxygen atoms in total. The average Bonchev–Trinajstić information content (AvgIpc) is 2.75. The third-order valence-corrected chi connectivity index (χ3v) is 5.59. The van der Waals surface area contributed by atoms with Gasteiger partial charge in [-0.1, -0.05) is 23.2 Å². The smallest absolute Gasteiger partial charge is 0.254 e. The van der Waals surface area contributed by atoms with Crippen LogP contribution in [0, 0.1) is 0 Å². The summed E-state index contributed by atoms with van der Waals surface area (Å²) in [5.74, 6) is 0.533. The zero-order chi connectivity index (χ0) is 21.0. The van der Waals surface area contributed by atoms with E-state index < -0.39 is 6.04 Å². The second kappa shape index (κ2) is 9.37. The molecule has 0 saturated carbocycles. The molecule has 2 amide bonds. The second-order valence-corrected chi connectivity index (χ2v) is 7.54. The van der Waals surface area contributed by atoms with Gasteiger partial charge in [0.15, 0.2) is 0 Å². The molecule has 0 aliphatic carbocycles. The first kappa shape index (κ1) is 21.3. The van der Waals surface area contributed by atoms with Crippen molar-refractivity contribution in [3.05, 3.63) is 52.0 Å². The van der Waals surface area contributed by atoms with Crippen LogP contribution in [0.1, 0.15) is 29.6 Å². The highest BCUT2D eigenvalue weighted by atomic mass is 35.5. The molecule has 29 heavy (non-hydrogen) atoms. The molecule has 1 aliphatic heterocycles. The van der Waals surface area contributed by atoms with E-state index in [1.54, 1.807) is 41.3 Å². The SMILES string of the molecule is COc1cc(OC)cc(C(=O)N2CCCCC2C(=O)Nc2ccc(Cl)c(Cl)c2)c1. The Labute approximate surface area is 179 Å². The Morgan fingerprint density at radius 1 is 1.00 bits per heavy atom. The van der Waals surface area contributed by atoms with Gasteiger partial charge >= 0.3 is 0 Å². The van der Waals surface area contributed by atoms with Crippen LogP contribution >= 0.6 is 23.2 Å². The van der Waals surface area contributed by atoms with Gasteiger partial charge in [0.25, 0.3) is 5.91 Å². The Hall–Kier alpha value is -2.44. The molecule has 0 spiro atoms. The van der Waals surface area contributed by atoms with Crippen molar-refractivity contribution in [2.24, 2.45) is 0 Å². The molecule has 1 fully saturated rings. The number of piperidine rings is 1. The predicted octanol–water partition coefficient (Wildman–Crippen LogP) is 4.64. The lowest BCUT2D eigenvalue weighted by Crippen LogP contribution is -2.50. The first-order chi connectivity index (χ1) is 13.9. The van der Waals surface area contributed by atoms with E-state index >= 15 is 0 Å². The van der Waals surface area contributed by atoms with E-state index in [0.29, 0.717) is 45.8 Å². The third-order valence-electron chi connectivity index (χ3n) is 4.85. The number of hydrogen-bond donors (Lipinski definition) is 1. The predicted molar refractivity (Wildman–Crippen MR) is 113 cm³/mol. The first-order valence-electron chi connectivity index (χ1n) is 9.23. The van der Waals surface area contributed by atoms with Crippen molar-refractivity contribution in [2.45, 2.75) is 25.3 Å². The highest BCUT2D eigenvalue weighted by Crippen LogP contribution is 2.28. The number of halogens is 2. The highest BCUT2D eigenvalue weighted by molar-refractivity contribution is 6.42. The number of ether oxygens (including phenoxy) is 2. The number of nitrogens with zero attached hydrogens (tertiary/aromatic N) is 1. The van der Waals surface area contributed by atoms with Crippen LogP contribution in [0.3, 0.4) is 0 Å². The van der Waals surface area contributed by atoms with Crippen molar-refractivity contribution in [2.75, 3.05) is 26.1 Å². The van der Waals surface area contributed by atoms with Crippen LogP contribution in [0.15, 0.2) is 36.4 Å². The molecule has 0 radical (unpaired) electrons. The second-order valence-electron chi connectivity index (χ2n) is 6.73. The molecule has 1 N–H and O–H groups in total. The molecule has 2 aromatic carbocycles. The molecule has 1 unspecified atom stereocenters. The molecule has 0 bridgehead atoms. The van der Waals surface area contributed by atoms with Crippen LogP contribution in [0.5, 0.6) is 11.5 Å². The minimum absolute atomic E-state index is 0.240. The van der Waals surface area contributed by atoms with Gasteiger partial charge in [-0.3, -0.25) is 9.59 Å². The quantitative estimate of drug-likeness (QED) is 0.740. The summed E-state index contributed by atoms with van der Waals surface area (Å²) in [7, 11) is 3.05. The van der Waals surface area contributed by atoms with Crippen LogP contribution in [-0.2, 0) is 4.79 Å². The number of benzene rings is 2. The molecule has 2 aromatic rings. The minimum atomic E-state index is -0.581. The number of methoxy groups -OCH3 is 2. The number of anilines is 1. The Morgan fingerprint density at radius 3 is 2.31 bits per heavy atom. The highest BCUT2D eigenvalue weighted by Gasteiger charge is 2.33. The number of hydrogen-bond acceptors (Lipinski definition) is 4. The molecular weight excluding hydrogens is 415 g/mol. The summed E-state index contributed by atoms with van der Waals surface area (Å²) in [5, 5.41) is 3.60. The van der Waals surface area contributed by atoms with E-state index in [9.17, 15) is 9.59 Å². The summed E-state index contributed by atoms with van der Waals surface area (Å²) < 4.78 is 10.5. The van der Waals surface area contributed by atoms with E-state index in [4.69, 9.17) is 32.7 Å². The van der Waals surface area contributed by atoms with E-state index in [0.717, 1.165) is 12.8 Å². The number of carbonyl (C=O) groups excluding carboxylic acids is 2. The maximum absolute atomic E-state index is 13.2. The van der Waals surface area contributed by atoms with Gasteiger partial charge in [0.2, 0.25) is 5.91 Å². The minimum Gasteiger partial charge on any atom is -0.497 e. The molecule has 1 heterocycles. The Morgan fingerprint density at radius 2 is 1.69 bits per heavy atom. The van der Waals surface area contributed by atoms with E-state index in [1.807, 2.05) is 0 Å². The van der Waals surface area contributed by atoms with Crippen LogP contribution in [0.4, 0.5) is 5.69 Å². The van der Waals surface area contributed by atoms with Crippen LogP contribution < -0.4 is 14.8 Å². The van der Waals surface area contributed by atoms with Gasteiger partial charge in [-0.2, -0.15) is 0 Å². The maximum Gasteiger partial charge on any atom is 0.254 e. The summed E-state index contributed by atoms with van der Waals surface area (Å²) in [5.41, 5.74) is 0.945. The van der Waals surface area contributed by atoms with Gasteiger partial charge in [0.1, 0.15) is 17.5 Å². The first-order valence-corrected chi connectivity index (χ1v) is 9.98. The topological polar surface area (TPSA) is 67.9 Å². The molecule has 154 valence electrons. The van der Waals surface area contributed by atoms with Crippen molar-refractivity contribution in [3.63, 3.8) is 0 Å². The van der Waals surface area contributed by atoms with Crippen LogP contribution in [0.25, 0.3) is 0 Å². The van der Waals surface area contributed by atoms with Gasteiger partial charge in [-0.15, -0.1) is 0 Å². The molecule has 3 rings (SSSR count). The summed E-state index contributed by atoms with van der Waals surface area (Å²) in [6.45, 7) is 0.498. The molecule has 1 atom stereocenters. The fraction of sp³-hybridized carbons (Fsp3) is 0.333. The zero-order valence-electron chi connectivity index (χ0n) is 16.2. The maximum atomic E-state index is 13.2. The number of nitrogens with one attached hydrogen (secondary N) is 1. The van der Waals surface area contributed by atoms with E-state index in [2.05, 4.69) is 5.32 Å². The fourth-order valence-electron chi connectivity index (χ4n) is 3.34. The number of likely N-dealkylation sites (tertiary alicyclic amines) is 1. The van der Waals surface area contributed by atoms with Crippen molar-refractivity contribution >= 4 is 40.7 Å². The Bertz CT molecular complexity index is 897. The lowest BCUT2D eigenvalue weighted by Gasteiger charge is -2.35. The van der Waals surface area contributed by atoms with Gasteiger partial charge in [0, 0.05) is 23.9 Å². The number of rotatable bonds is 5. The summed E-state index contributed by atoms with van der Waals surface area (Å²) in [6.07, 6.45) is 2.29. The fourth-order valence-corrected chi connectivity index (χ4v) is 3.64. The Kier molecular flexibility index (Phi) is 6.87.